The first kappa shape index (κ1) is 15.2. The van der Waals surface area contributed by atoms with Crippen LogP contribution in [0.3, 0.4) is 0 Å². The van der Waals surface area contributed by atoms with Crippen molar-refractivity contribution in [3.05, 3.63) is 35.4 Å². The van der Waals surface area contributed by atoms with Crippen molar-refractivity contribution in [1.29, 1.82) is 0 Å². The summed E-state index contributed by atoms with van der Waals surface area (Å²) in [5, 5.41) is 8.86. The van der Waals surface area contributed by atoms with Crippen LogP contribution in [0.2, 0.25) is 0 Å². The molecule has 1 amide bonds. The number of nitrogens with zero attached hydrogens (tertiary/aromatic N) is 1. The van der Waals surface area contributed by atoms with Gasteiger partial charge in [-0.25, -0.2) is 0 Å². The quantitative estimate of drug-likeness (QED) is 0.816. The third-order valence-electron chi connectivity index (χ3n) is 2.65. The molecule has 0 unspecified atom stereocenters. The Morgan fingerprint density at radius 3 is 2.58 bits per heavy atom. The van der Waals surface area contributed by atoms with E-state index in [2.05, 4.69) is 0 Å². The van der Waals surface area contributed by atoms with Crippen LogP contribution in [0.5, 0.6) is 0 Å². The van der Waals surface area contributed by atoms with Crippen LogP contribution in [0.1, 0.15) is 29.3 Å². The summed E-state index contributed by atoms with van der Waals surface area (Å²) in [7, 11) is 1.56. The summed E-state index contributed by atoms with van der Waals surface area (Å²) >= 11 is 0. The van der Waals surface area contributed by atoms with Crippen molar-refractivity contribution in [3.8, 4) is 0 Å². The van der Waals surface area contributed by atoms with Crippen LogP contribution in [-0.2, 0) is 16.1 Å². The molecule has 5 heteroatoms. The molecule has 104 valence electrons. The Morgan fingerprint density at radius 2 is 2.00 bits per heavy atom. The third kappa shape index (κ3) is 4.37. The molecule has 0 atom stereocenters. The predicted molar refractivity (Wildman–Crippen MR) is 71.0 cm³/mol. The van der Waals surface area contributed by atoms with E-state index in [1.807, 2.05) is 19.1 Å². The predicted octanol–water partition coefficient (Wildman–Crippen LogP) is 1.77. The van der Waals surface area contributed by atoms with E-state index in [4.69, 9.17) is 9.84 Å². The number of aliphatic carboxylic acids is 1. The zero-order valence-corrected chi connectivity index (χ0v) is 11.3. The van der Waals surface area contributed by atoms with Crippen LogP contribution in [0.15, 0.2) is 24.3 Å². The van der Waals surface area contributed by atoms with Crippen molar-refractivity contribution in [1.82, 2.24) is 4.90 Å². The van der Waals surface area contributed by atoms with Crippen LogP contribution in [0.4, 0.5) is 0 Å². The maximum atomic E-state index is 12.4. The van der Waals surface area contributed by atoms with Crippen molar-refractivity contribution in [2.75, 3.05) is 20.2 Å². The summed E-state index contributed by atoms with van der Waals surface area (Å²) in [5.41, 5.74) is 1.26. The molecule has 0 spiro atoms. The molecule has 0 bridgehead atoms. The van der Waals surface area contributed by atoms with Crippen molar-refractivity contribution in [3.63, 3.8) is 0 Å². The Balaban J connectivity index is 2.98. The van der Waals surface area contributed by atoms with Gasteiger partial charge < -0.3 is 14.7 Å². The fourth-order valence-electron chi connectivity index (χ4n) is 1.87. The maximum absolute atomic E-state index is 12.4. The van der Waals surface area contributed by atoms with E-state index in [9.17, 15) is 9.59 Å². The first-order valence-corrected chi connectivity index (χ1v) is 6.18. The number of ether oxygens (including phenoxy) is 1. The molecule has 1 aromatic carbocycles. The second-order valence-electron chi connectivity index (χ2n) is 4.21. The first-order chi connectivity index (χ1) is 9.10. The van der Waals surface area contributed by atoms with Gasteiger partial charge in [0.2, 0.25) is 0 Å². The number of carboxylic acids is 1. The largest absolute Gasteiger partial charge is 0.480 e. The maximum Gasteiger partial charge on any atom is 0.323 e. The van der Waals surface area contributed by atoms with Crippen molar-refractivity contribution < 1.29 is 19.4 Å². The van der Waals surface area contributed by atoms with Crippen LogP contribution < -0.4 is 0 Å². The van der Waals surface area contributed by atoms with Gasteiger partial charge in [-0.2, -0.15) is 0 Å². The molecule has 0 radical (unpaired) electrons. The highest BCUT2D eigenvalue weighted by molar-refractivity contribution is 5.97. The zero-order valence-electron chi connectivity index (χ0n) is 11.3. The minimum absolute atomic E-state index is 0.267. The molecule has 0 aliphatic carbocycles. The van der Waals surface area contributed by atoms with Gasteiger partial charge >= 0.3 is 5.97 Å². The summed E-state index contributed by atoms with van der Waals surface area (Å²) in [5.74, 6) is -1.28. The lowest BCUT2D eigenvalue weighted by Gasteiger charge is -2.21. The topological polar surface area (TPSA) is 66.8 Å². The van der Waals surface area contributed by atoms with E-state index < -0.39 is 5.97 Å². The minimum atomic E-state index is -1.01. The number of benzene rings is 1. The van der Waals surface area contributed by atoms with Crippen LogP contribution in [0, 0.1) is 0 Å². The lowest BCUT2D eigenvalue weighted by Crippen LogP contribution is -2.36. The van der Waals surface area contributed by atoms with Crippen LogP contribution >= 0.6 is 0 Å². The highest BCUT2D eigenvalue weighted by Gasteiger charge is 2.19. The number of hydrogen-bond acceptors (Lipinski definition) is 3. The molecule has 1 rings (SSSR count). The number of methoxy groups -OCH3 is 1. The molecule has 0 aliphatic rings. The standard InChI is InChI=1S/C14H19NO4/c1-3-8-15(9-13(16)17)14(18)12-7-5-4-6-11(12)10-19-2/h4-7H,3,8-10H2,1-2H3,(H,16,17). The molecule has 19 heavy (non-hydrogen) atoms. The van der Waals surface area contributed by atoms with Gasteiger partial charge in [0.05, 0.1) is 6.61 Å². The average Bonchev–Trinajstić information content (AvgIpc) is 2.38. The summed E-state index contributed by atoms with van der Waals surface area (Å²) in [6, 6.07) is 7.09. The Hall–Kier alpha value is -1.88. The van der Waals surface area contributed by atoms with Gasteiger partial charge in [0.15, 0.2) is 0 Å². The summed E-state index contributed by atoms with van der Waals surface area (Å²) in [6.45, 7) is 2.37. The minimum Gasteiger partial charge on any atom is -0.480 e. The van der Waals surface area contributed by atoms with Crippen molar-refractivity contribution in [2.24, 2.45) is 0 Å². The van der Waals surface area contributed by atoms with Gasteiger partial charge in [0.1, 0.15) is 6.54 Å². The molecule has 0 saturated carbocycles. The lowest BCUT2D eigenvalue weighted by atomic mass is 10.1. The number of rotatable bonds is 7. The smallest absolute Gasteiger partial charge is 0.323 e. The zero-order chi connectivity index (χ0) is 14.3. The molecule has 0 fully saturated rings. The van der Waals surface area contributed by atoms with Crippen molar-refractivity contribution in [2.45, 2.75) is 20.0 Å². The Bertz CT molecular complexity index is 445. The second kappa shape index (κ2) is 7.53. The Kier molecular flexibility index (Phi) is 6.02. The monoisotopic (exact) mass is 265 g/mol. The third-order valence-corrected chi connectivity index (χ3v) is 2.65. The first-order valence-electron chi connectivity index (χ1n) is 6.18. The molecular formula is C14H19NO4. The van der Waals surface area contributed by atoms with Gasteiger partial charge in [0, 0.05) is 19.2 Å². The molecular weight excluding hydrogens is 246 g/mol. The molecule has 0 heterocycles. The van der Waals surface area contributed by atoms with Gasteiger partial charge in [-0.05, 0) is 18.1 Å². The number of carbonyl (C=O) groups excluding carboxylic acids is 1. The fourth-order valence-corrected chi connectivity index (χ4v) is 1.87. The van der Waals surface area contributed by atoms with Gasteiger partial charge in [-0.15, -0.1) is 0 Å². The molecule has 5 nitrogen and oxygen atoms in total. The average molecular weight is 265 g/mol. The van der Waals surface area contributed by atoms with E-state index >= 15 is 0 Å². The van der Waals surface area contributed by atoms with Gasteiger partial charge in [0.25, 0.3) is 5.91 Å². The summed E-state index contributed by atoms with van der Waals surface area (Å²) in [6.07, 6.45) is 0.714. The Labute approximate surface area is 112 Å². The highest BCUT2D eigenvalue weighted by Crippen LogP contribution is 2.13. The van der Waals surface area contributed by atoms with Gasteiger partial charge in [-0.3, -0.25) is 9.59 Å². The summed E-state index contributed by atoms with van der Waals surface area (Å²) in [4.78, 5) is 24.5. The number of amides is 1. The summed E-state index contributed by atoms with van der Waals surface area (Å²) < 4.78 is 5.05. The molecule has 1 N–H and O–H groups in total. The van der Waals surface area contributed by atoms with Crippen LogP contribution in [0.25, 0.3) is 0 Å². The van der Waals surface area contributed by atoms with E-state index in [1.54, 1.807) is 19.2 Å². The normalized spacial score (nSPS) is 10.2. The lowest BCUT2D eigenvalue weighted by molar-refractivity contribution is -0.137. The second-order valence-corrected chi connectivity index (χ2v) is 4.21. The number of hydrogen-bond donors (Lipinski definition) is 1. The molecule has 0 saturated heterocycles. The van der Waals surface area contributed by atoms with E-state index in [-0.39, 0.29) is 12.5 Å². The van der Waals surface area contributed by atoms with E-state index in [1.165, 1.54) is 4.90 Å². The van der Waals surface area contributed by atoms with E-state index in [0.29, 0.717) is 25.1 Å². The Morgan fingerprint density at radius 1 is 1.32 bits per heavy atom. The van der Waals surface area contributed by atoms with Crippen molar-refractivity contribution >= 4 is 11.9 Å². The molecule has 0 aliphatic heterocycles. The molecule has 0 aromatic heterocycles. The van der Waals surface area contributed by atoms with Gasteiger partial charge in [-0.1, -0.05) is 25.1 Å². The highest BCUT2D eigenvalue weighted by atomic mass is 16.5. The number of carboxylic acid groups (broad SMARTS) is 1. The fraction of sp³-hybridized carbons (Fsp3) is 0.429. The number of carbonyl (C=O) groups is 2. The molecule has 1 aromatic rings. The van der Waals surface area contributed by atoms with E-state index in [0.717, 1.165) is 5.56 Å². The van der Waals surface area contributed by atoms with Crippen LogP contribution in [-0.4, -0.2) is 42.1 Å². The SMILES string of the molecule is CCCN(CC(=O)O)C(=O)c1ccccc1COC.